The van der Waals surface area contributed by atoms with Crippen LogP contribution in [0.15, 0.2) is 0 Å². The first-order chi connectivity index (χ1) is 7.33. The van der Waals surface area contributed by atoms with Crippen LogP contribution in [0.25, 0.3) is 0 Å². The van der Waals surface area contributed by atoms with Crippen molar-refractivity contribution in [3.63, 3.8) is 0 Å². The van der Waals surface area contributed by atoms with E-state index in [-0.39, 0.29) is 0 Å². The van der Waals surface area contributed by atoms with Crippen LogP contribution in [-0.4, -0.2) is 37.0 Å². The lowest BCUT2D eigenvalue weighted by Crippen LogP contribution is -2.54. The molecule has 0 aromatic carbocycles. The van der Waals surface area contributed by atoms with Gasteiger partial charge in [-0.15, -0.1) is 0 Å². The van der Waals surface area contributed by atoms with Gasteiger partial charge in [-0.1, -0.05) is 0 Å². The van der Waals surface area contributed by atoms with Gasteiger partial charge in [-0.3, -0.25) is 4.79 Å². The summed E-state index contributed by atoms with van der Waals surface area (Å²) in [6, 6.07) is 0. The molecule has 1 unspecified atom stereocenters. The predicted molar refractivity (Wildman–Crippen MR) is 58.4 cm³/mol. The summed E-state index contributed by atoms with van der Waals surface area (Å²) in [4.78, 5) is 14.1. The van der Waals surface area contributed by atoms with Crippen LogP contribution in [-0.2, 0) is 4.79 Å². The summed E-state index contributed by atoms with van der Waals surface area (Å²) in [6.07, 6.45) is 4.93. The standard InChI is InChI=1S/C12H20N2O/c15-12-11-4-10(5-11)8-14(12)7-9-2-1-3-13-6-9/h9-11,13H,1-8H2. The molecular weight excluding hydrogens is 188 g/mol. The Kier molecular flexibility index (Phi) is 2.43. The molecule has 3 heterocycles. The summed E-state index contributed by atoms with van der Waals surface area (Å²) >= 11 is 0. The number of hydrogen-bond donors (Lipinski definition) is 1. The normalized spacial score (nSPS) is 40.1. The molecule has 84 valence electrons. The first-order valence-corrected chi connectivity index (χ1v) is 6.32. The third-order valence-electron chi connectivity index (χ3n) is 4.25. The molecule has 0 aromatic heterocycles. The van der Waals surface area contributed by atoms with Gasteiger partial charge in [0.1, 0.15) is 0 Å². The minimum Gasteiger partial charge on any atom is -0.342 e. The van der Waals surface area contributed by atoms with Crippen molar-refractivity contribution in [2.75, 3.05) is 26.2 Å². The van der Waals surface area contributed by atoms with Crippen LogP contribution in [0.2, 0.25) is 0 Å². The molecule has 3 aliphatic heterocycles. The molecule has 1 aliphatic carbocycles. The van der Waals surface area contributed by atoms with Crippen molar-refractivity contribution in [3.8, 4) is 0 Å². The molecule has 1 amide bonds. The number of piperidine rings is 3. The molecule has 4 rings (SSSR count). The second-order valence-electron chi connectivity index (χ2n) is 5.49. The maximum absolute atomic E-state index is 11.9. The van der Waals surface area contributed by atoms with Crippen molar-refractivity contribution in [3.05, 3.63) is 0 Å². The first kappa shape index (κ1) is 9.64. The first-order valence-electron chi connectivity index (χ1n) is 6.32. The Labute approximate surface area is 91.2 Å². The molecule has 3 saturated heterocycles. The Morgan fingerprint density at radius 2 is 2.27 bits per heavy atom. The van der Waals surface area contributed by atoms with E-state index in [1.54, 1.807) is 0 Å². The number of carbonyl (C=O) groups excluding carboxylic acids is 1. The number of amides is 1. The van der Waals surface area contributed by atoms with Gasteiger partial charge in [-0.05, 0) is 50.6 Å². The predicted octanol–water partition coefficient (Wildman–Crippen LogP) is 0.854. The van der Waals surface area contributed by atoms with Crippen LogP contribution in [0.4, 0.5) is 0 Å². The molecule has 0 spiro atoms. The highest BCUT2D eigenvalue weighted by atomic mass is 16.2. The maximum Gasteiger partial charge on any atom is 0.225 e. The zero-order valence-electron chi connectivity index (χ0n) is 9.24. The Morgan fingerprint density at radius 3 is 2.93 bits per heavy atom. The smallest absolute Gasteiger partial charge is 0.225 e. The van der Waals surface area contributed by atoms with Gasteiger partial charge in [0.25, 0.3) is 0 Å². The molecule has 3 nitrogen and oxygen atoms in total. The fourth-order valence-electron chi connectivity index (χ4n) is 3.30. The molecule has 15 heavy (non-hydrogen) atoms. The van der Waals surface area contributed by atoms with E-state index >= 15 is 0 Å². The van der Waals surface area contributed by atoms with Crippen LogP contribution in [0.1, 0.15) is 25.7 Å². The fraction of sp³-hybridized carbons (Fsp3) is 0.917. The van der Waals surface area contributed by atoms with Gasteiger partial charge in [-0.2, -0.15) is 0 Å². The number of nitrogens with one attached hydrogen (secondary N) is 1. The van der Waals surface area contributed by atoms with Crippen LogP contribution in [0.3, 0.4) is 0 Å². The minimum atomic E-state index is 0.403. The summed E-state index contributed by atoms with van der Waals surface area (Å²) in [5.74, 6) is 2.40. The average molecular weight is 208 g/mol. The maximum atomic E-state index is 11.9. The third-order valence-corrected chi connectivity index (χ3v) is 4.25. The summed E-state index contributed by atoms with van der Waals surface area (Å²) < 4.78 is 0. The second-order valence-corrected chi connectivity index (χ2v) is 5.49. The van der Waals surface area contributed by atoms with Gasteiger partial charge >= 0.3 is 0 Å². The summed E-state index contributed by atoms with van der Waals surface area (Å²) in [5.41, 5.74) is 0. The van der Waals surface area contributed by atoms with Gasteiger partial charge in [0.15, 0.2) is 0 Å². The van der Waals surface area contributed by atoms with Gasteiger partial charge in [0.2, 0.25) is 5.91 Å². The molecule has 1 N–H and O–H groups in total. The molecule has 1 saturated carbocycles. The quantitative estimate of drug-likeness (QED) is 0.730. The Morgan fingerprint density at radius 1 is 1.40 bits per heavy atom. The number of carbonyl (C=O) groups is 1. The van der Waals surface area contributed by atoms with Crippen LogP contribution >= 0.6 is 0 Å². The molecular formula is C12H20N2O. The van der Waals surface area contributed by atoms with Crippen molar-refractivity contribution < 1.29 is 4.79 Å². The lowest BCUT2D eigenvalue weighted by Gasteiger charge is -2.47. The molecule has 0 aromatic rings. The zero-order valence-corrected chi connectivity index (χ0v) is 9.24. The molecule has 1 atom stereocenters. The van der Waals surface area contributed by atoms with Crippen LogP contribution in [0, 0.1) is 17.8 Å². The second kappa shape index (κ2) is 3.78. The van der Waals surface area contributed by atoms with Crippen molar-refractivity contribution >= 4 is 5.91 Å². The highest BCUT2D eigenvalue weighted by Gasteiger charge is 2.43. The van der Waals surface area contributed by atoms with E-state index < -0.39 is 0 Å². The lowest BCUT2D eigenvalue weighted by atomic mass is 9.70. The van der Waals surface area contributed by atoms with Gasteiger partial charge in [-0.25, -0.2) is 0 Å². The van der Waals surface area contributed by atoms with E-state index in [9.17, 15) is 4.79 Å². The van der Waals surface area contributed by atoms with Gasteiger partial charge in [0, 0.05) is 19.0 Å². The largest absolute Gasteiger partial charge is 0.342 e. The SMILES string of the molecule is O=C1C2CC(C2)CN1CC1CCCNC1. The van der Waals surface area contributed by atoms with Crippen LogP contribution in [0.5, 0.6) is 0 Å². The van der Waals surface area contributed by atoms with E-state index in [1.165, 1.54) is 25.7 Å². The van der Waals surface area contributed by atoms with Gasteiger partial charge in [0.05, 0.1) is 0 Å². The van der Waals surface area contributed by atoms with E-state index in [2.05, 4.69) is 10.2 Å². The number of nitrogens with zero attached hydrogens (tertiary/aromatic N) is 1. The van der Waals surface area contributed by atoms with E-state index in [4.69, 9.17) is 0 Å². The minimum absolute atomic E-state index is 0.403. The van der Waals surface area contributed by atoms with E-state index in [0.29, 0.717) is 17.7 Å². The summed E-state index contributed by atoms with van der Waals surface area (Å²) in [7, 11) is 0. The topological polar surface area (TPSA) is 32.3 Å². The number of fused-ring (bicyclic) bond motifs is 2. The fourth-order valence-corrected chi connectivity index (χ4v) is 3.30. The lowest BCUT2D eigenvalue weighted by molar-refractivity contribution is -0.150. The van der Waals surface area contributed by atoms with Crippen molar-refractivity contribution in [1.29, 1.82) is 0 Å². The van der Waals surface area contributed by atoms with Gasteiger partial charge < -0.3 is 10.2 Å². The molecule has 4 aliphatic rings. The molecule has 0 radical (unpaired) electrons. The highest BCUT2D eigenvalue weighted by molar-refractivity contribution is 5.81. The number of rotatable bonds is 2. The Balaban J connectivity index is 1.56. The van der Waals surface area contributed by atoms with E-state index in [0.717, 1.165) is 32.1 Å². The number of hydrogen-bond acceptors (Lipinski definition) is 2. The van der Waals surface area contributed by atoms with Crippen molar-refractivity contribution in [2.45, 2.75) is 25.7 Å². The molecule has 4 fully saturated rings. The van der Waals surface area contributed by atoms with Crippen molar-refractivity contribution in [1.82, 2.24) is 10.2 Å². The van der Waals surface area contributed by atoms with Crippen molar-refractivity contribution in [2.24, 2.45) is 17.8 Å². The summed E-state index contributed by atoms with van der Waals surface area (Å²) in [6.45, 7) is 4.33. The molecule has 2 bridgehead atoms. The average Bonchev–Trinajstić information content (AvgIpc) is 2.20. The zero-order chi connectivity index (χ0) is 10.3. The monoisotopic (exact) mass is 208 g/mol. The highest BCUT2D eigenvalue weighted by Crippen LogP contribution is 2.40. The Hall–Kier alpha value is -0.570. The Bertz CT molecular complexity index is 254. The molecule has 3 heteroatoms. The summed E-state index contributed by atoms with van der Waals surface area (Å²) in [5, 5.41) is 3.42. The third kappa shape index (κ3) is 1.78. The van der Waals surface area contributed by atoms with E-state index in [1.807, 2.05) is 0 Å². The van der Waals surface area contributed by atoms with Crippen LogP contribution < -0.4 is 5.32 Å².